The van der Waals surface area contributed by atoms with Gasteiger partial charge < -0.3 is 15.4 Å². The molecule has 1 amide bonds. The summed E-state index contributed by atoms with van der Waals surface area (Å²) in [7, 11) is 1.65. The Morgan fingerprint density at radius 1 is 1.22 bits per heavy atom. The van der Waals surface area contributed by atoms with Gasteiger partial charge in [0.1, 0.15) is 5.60 Å². The largest absolute Gasteiger partial charge is 0.368 e. The van der Waals surface area contributed by atoms with Crippen molar-refractivity contribution in [3.63, 3.8) is 0 Å². The normalized spacial score (nSPS) is 21.1. The van der Waals surface area contributed by atoms with E-state index < -0.39 is 5.60 Å². The highest BCUT2D eigenvalue weighted by Gasteiger charge is 2.46. The standard InChI is InChI=1S/C17H24N2O2S.ClH/c1-21-17(9-11-18-12-10-17)15(20)19-13-16(7-8-16)22-14-5-3-2-4-6-14;/h2-6,18H,7-13H2,1H3,(H,19,20);1H. The van der Waals surface area contributed by atoms with Crippen LogP contribution in [-0.2, 0) is 9.53 Å². The number of benzene rings is 1. The second-order valence-corrected chi connectivity index (χ2v) is 7.77. The number of nitrogens with one attached hydrogen (secondary N) is 2. The maximum absolute atomic E-state index is 12.6. The van der Waals surface area contributed by atoms with Crippen LogP contribution in [0.2, 0.25) is 0 Å². The first-order valence-electron chi connectivity index (χ1n) is 7.96. The van der Waals surface area contributed by atoms with E-state index >= 15 is 0 Å². The lowest BCUT2D eigenvalue weighted by Gasteiger charge is -2.35. The third kappa shape index (κ3) is 4.41. The Hall–Kier alpha value is -0.750. The van der Waals surface area contributed by atoms with E-state index in [2.05, 4.69) is 34.9 Å². The third-order valence-electron chi connectivity index (χ3n) is 4.67. The molecule has 3 rings (SSSR count). The second kappa shape index (κ2) is 7.88. The molecule has 0 aromatic heterocycles. The summed E-state index contributed by atoms with van der Waals surface area (Å²) in [5.41, 5.74) is -0.640. The average Bonchev–Trinajstić information content (AvgIpc) is 3.34. The summed E-state index contributed by atoms with van der Waals surface area (Å²) in [6, 6.07) is 10.4. The van der Waals surface area contributed by atoms with Gasteiger partial charge in [-0.25, -0.2) is 0 Å². The third-order valence-corrected chi connectivity index (χ3v) is 6.17. The molecule has 0 spiro atoms. The van der Waals surface area contributed by atoms with E-state index in [9.17, 15) is 4.79 Å². The van der Waals surface area contributed by atoms with Crippen molar-refractivity contribution in [2.75, 3.05) is 26.7 Å². The van der Waals surface area contributed by atoms with Gasteiger partial charge in [-0.15, -0.1) is 24.2 Å². The predicted octanol–water partition coefficient (Wildman–Crippen LogP) is 2.62. The topological polar surface area (TPSA) is 50.4 Å². The average molecular weight is 357 g/mol. The van der Waals surface area contributed by atoms with Crippen molar-refractivity contribution in [2.45, 2.75) is 40.9 Å². The van der Waals surface area contributed by atoms with E-state index in [4.69, 9.17) is 4.74 Å². The van der Waals surface area contributed by atoms with Gasteiger partial charge in [0.25, 0.3) is 5.91 Å². The number of halogens is 1. The molecule has 1 saturated heterocycles. The molecule has 1 saturated carbocycles. The van der Waals surface area contributed by atoms with Crippen LogP contribution in [-0.4, -0.2) is 43.0 Å². The van der Waals surface area contributed by atoms with Crippen LogP contribution in [0.25, 0.3) is 0 Å². The molecule has 2 N–H and O–H groups in total. The molecule has 0 atom stereocenters. The van der Waals surface area contributed by atoms with Crippen molar-refractivity contribution in [3.8, 4) is 0 Å². The minimum atomic E-state index is -0.640. The van der Waals surface area contributed by atoms with E-state index in [0.717, 1.165) is 45.3 Å². The van der Waals surface area contributed by atoms with Gasteiger partial charge in [0.05, 0.1) is 0 Å². The van der Waals surface area contributed by atoms with Crippen molar-refractivity contribution in [1.82, 2.24) is 10.6 Å². The summed E-state index contributed by atoms with van der Waals surface area (Å²) in [4.78, 5) is 13.9. The summed E-state index contributed by atoms with van der Waals surface area (Å²) in [6.07, 6.45) is 3.81. The Morgan fingerprint density at radius 2 is 1.87 bits per heavy atom. The van der Waals surface area contributed by atoms with Gasteiger partial charge in [-0.1, -0.05) is 18.2 Å². The van der Waals surface area contributed by atoms with Gasteiger partial charge in [-0.05, 0) is 50.9 Å². The number of hydrogen-bond donors (Lipinski definition) is 2. The highest BCUT2D eigenvalue weighted by molar-refractivity contribution is 8.01. The van der Waals surface area contributed by atoms with Gasteiger partial charge in [-0.2, -0.15) is 0 Å². The van der Waals surface area contributed by atoms with Crippen molar-refractivity contribution in [3.05, 3.63) is 30.3 Å². The number of amides is 1. The van der Waals surface area contributed by atoms with Crippen molar-refractivity contribution in [2.24, 2.45) is 0 Å². The van der Waals surface area contributed by atoms with Gasteiger partial charge in [-0.3, -0.25) is 4.79 Å². The lowest BCUT2D eigenvalue weighted by atomic mass is 9.91. The van der Waals surface area contributed by atoms with Crippen molar-refractivity contribution < 1.29 is 9.53 Å². The molecule has 0 unspecified atom stereocenters. The molecule has 4 nitrogen and oxygen atoms in total. The zero-order valence-corrected chi connectivity index (χ0v) is 15.1. The lowest BCUT2D eigenvalue weighted by Crippen LogP contribution is -2.55. The van der Waals surface area contributed by atoms with E-state index in [1.165, 1.54) is 4.90 Å². The Labute approximate surface area is 148 Å². The highest BCUT2D eigenvalue weighted by atomic mass is 35.5. The van der Waals surface area contributed by atoms with Crippen LogP contribution < -0.4 is 10.6 Å². The summed E-state index contributed by atoms with van der Waals surface area (Å²) >= 11 is 1.88. The van der Waals surface area contributed by atoms with E-state index in [1.807, 2.05) is 17.8 Å². The van der Waals surface area contributed by atoms with Crippen LogP contribution in [0.1, 0.15) is 25.7 Å². The summed E-state index contributed by atoms with van der Waals surface area (Å²) in [5.74, 6) is 0.0523. The molecule has 0 radical (unpaired) electrons. The maximum Gasteiger partial charge on any atom is 0.252 e. The number of rotatable bonds is 6. The van der Waals surface area contributed by atoms with Gasteiger partial charge in [0.2, 0.25) is 0 Å². The Morgan fingerprint density at radius 3 is 2.43 bits per heavy atom. The van der Waals surface area contributed by atoms with E-state index in [-0.39, 0.29) is 23.1 Å². The predicted molar refractivity (Wildman–Crippen MR) is 96.4 cm³/mol. The van der Waals surface area contributed by atoms with Crippen LogP contribution in [0, 0.1) is 0 Å². The highest BCUT2D eigenvalue weighted by Crippen LogP contribution is 2.51. The number of hydrogen-bond acceptors (Lipinski definition) is 4. The van der Waals surface area contributed by atoms with Gasteiger partial charge >= 0.3 is 0 Å². The Kier molecular flexibility index (Phi) is 6.37. The molecule has 1 aliphatic carbocycles. The van der Waals surface area contributed by atoms with E-state index in [0.29, 0.717) is 0 Å². The first-order chi connectivity index (χ1) is 10.7. The second-order valence-electron chi connectivity index (χ2n) is 6.23. The summed E-state index contributed by atoms with van der Waals surface area (Å²) in [6.45, 7) is 2.40. The van der Waals surface area contributed by atoms with Crippen molar-refractivity contribution in [1.29, 1.82) is 0 Å². The molecule has 1 heterocycles. The number of ether oxygens (including phenoxy) is 1. The van der Waals surface area contributed by atoms with Crippen LogP contribution in [0.15, 0.2) is 35.2 Å². The molecule has 1 aromatic rings. The number of piperidine rings is 1. The first kappa shape index (κ1) is 18.6. The fourth-order valence-electron chi connectivity index (χ4n) is 2.95. The Balaban J connectivity index is 0.00000192. The van der Waals surface area contributed by atoms with Crippen LogP contribution >= 0.6 is 24.2 Å². The molecule has 1 aliphatic heterocycles. The molecule has 1 aromatic carbocycles. The van der Waals surface area contributed by atoms with Crippen LogP contribution in [0.5, 0.6) is 0 Å². The Bertz CT molecular complexity index is 517. The molecule has 2 aliphatic rings. The van der Waals surface area contributed by atoms with Crippen LogP contribution in [0.4, 0.5) is 0 Å². The fourth-order valence-corrected chi connectivity index (χ4v) is 4.19. The smallest absolute Gasteiger partial charge is 0.252 e. The number of methoxy groups -OCH3 is 1. The number of carbonyl (C=O) groups is 1. The summed E-state index contributed by atoms with van der Waals surface area (Å²) in [5, 5.41) is 6.44. The minimum absolute atomic E-state index is 0. The molecule has 128 valence electrons. The number of carbonyl (C=O) groups excluding carboxylic acids is 1. The first-order valence-corrected chi connectivity index (χ1v) is 8.78. The van der Waals surface area contributed by atoms with Gasteiger partial charge in [0, 0.05) is 23.3 Å². The quantitative estimate of drug-likeness (QED) is 0.822. The molecule has 6 heteroatoms. The van der Waals surface area contributed by atoms with Crippen LogP contribution in [0.3, 0.4) is 0 Å². The fraction of sp³-hybridized carbons (Fsp3) is 0.588. The monoisotopic (exact) mass is 356 g/mol. The zero-order valence-electron chi connectivity index (χ0n) is 13.5. The maximum atomic E-state index is 12.6. The summed E-state index contributed by atoms with van der Waals surface area (Å²) < 4.78 is 5.77. The van der Waals surface area contributed by atoms with E-state index in [1.54, 1.807) is 7.11 Å². The number of thioether (sulfide) groups is 1. The zero-order chi connectivity index (χ0) is 15.5. The lowest BCUT2D eigenvalue weighted by molar-refractivity contribution is -0.146. The molecule has 23 heavy (non-hydrogen) atoms. The minimum Gasteiger partial charge on any atom is -0.368 e. The SMILES string of the molecule is COC1(C(=O)NCC2(Sc3ccccc3)CC2)CCNCC1.Cl. The molecular weight excluding hydrogens is 332 g/mol. The van der Waals surface area contributed by atoms with Gasteiger partial charge in [0.15, 0.2) is 0 Å². The van der Waals surface area contributed by atoms with Crippen molar-refractivity contribution >= 4 is 30.1 Å². The molecule has 0 bridgehead atoms. The molecular formula is C17H25ClN2O2S. The molecule has 2 fully saturated rings.